The molecule has 1 aromatic heterocycles. The highest BCUT2D eigenvalue weighted by Crippen LogP contribution is 2.08. The first-order valence-electron chi connectivity index (χ1n) is 4.48. The minimum absolute atomic E-state index is 0.125. The van der Waals surface area contributed by atoms with Crippen LogP contribution in [-0.4, -0.2) is 23.4 Å². The van der Waals surface area contributed by atoms with Crippen molar-refractivity contribution in [1.29, 1.82) is 0 Å². The monoisotopic (exact) mass is 208 g/mol. The average Bonchev–Trinajstić information content (AvgIpc) is 2.29. The van der Waals surface area contributed by atoms with Gasteiger partial charge in [0.1, 0.15) is 5.58 Å². The van der Waals surface area contributed by atoms with Crippen molar-refractivity contribution < 1.29 is 14.6 Å². The summed E-state index contributed by atoms with van der Waals surface area (Å²) in [6.07, 6.45) is 0. The van der Waals surface area contributed by atoms with E-state index in [-0.39, 0.29) is 18.8 Å². The van der Waals surface area contributed by atoms with E-state index in [1.165, 1.54) is 6.07 Å². The zero-order valence-electron chi connectivity index (χ0n) is 8.09. The third kappa shape index (κ3) is 3.53. The maximum Gasteiger partial charge on any atom is 0.336 e. The molecule has 4 nitrogen and oxygen atoms in total. The van der Waals surface area contributed by atoms with Gasteiger partial charge in [0.05, 0.1) is 13.2 Å². The molecule has 0 aliphatic heterocycles. The fourth-order valence-electron chi connectivity index (χ4n) is 1.01. The fourth-order valence-corrected chi connectivity index (χ4v) is 1.01. The van der Waals surface area contributed by atoms with E-state index in [1.54, 1.807) is 12.1 Å². The van der Waals surface area contributed by atoms with Gasteiger partial charge in [0.2, 0.25) is 0 Å². The van der Waals surface area contributed by atoms with Crippen LogP contribution in [0, 0.1) is 0 Å². The molecule has 1 heterocycles. The van der Waals surface area contributed by atoms with Crippen LogP contribution in [0.3, 0.4) is 0 Å². The van der Waals surface area contributed by atoms with E-state index in [0.29, 0.717) is 5.58 Å². The number of rotatable bonds is 1. The molecule has 1 aromatic carbocycles. The molecule has 0 unspecified atom stereocenters. The van der Waals surface area contributed by atoms with Crippen LogP contribution in [0.5, 0.6) is 0 Å². The highest BCUT2D eigenvalue weighted by Gasteiger charge is 1.92. The number of hydrogen-bond acceptors (Lipinski definition) is 4. The molecule has 0 amide bonds. The van der Waals surface area contributed by atoms with Crippen LogP contribution >= 0.6 is 0 Å². The van der Waals surface area contributed by atoms with E-state index in [4.69, 9.17) is 14.6 Å². The molecule has 0 fully saturated rings. The summed E-state index contributed by atoms with van der Waals surface area (Å²) in [7, 11) is 0. The maximum absolute atomic E-state index is 10.7. The second-order valence-corrected chi connectivity index (χ2v) is 2.74. The molecule has 0 radical (unpaired) electrons. The fraction of sp³-hybridized carbons (Fsp3) is 0.182. The van der Waals surface area contributed by atoms with Crippen molar-refractivity contribution >= 4 is 11.0 Å². The predicted molar refractivity (Wildman–Crippen MR) is 56.7 cm³/mol. The summed E-state index contributed by atoms with van der Waals surface area (Å²) in [4.78, 5) is 10.7. The molecule has 4 heteroatoms. The highest BCUT2D eigenvalue weighted by molar-refractivity contribution is 5.75. The van der Waals surface area contributed by atoms with Crippen molar-refractivity contribution in [3.8, 4) is 0 Å². The van der Waals surface area contributed by atoms with Crippen LogP contribution in [0.4, 0.5) is 0 Å². The first-order valence-corrected chi connectivity index (χ1v) is 4.48. The molecular formula is C11H12O4. The molecule has 0 aliphatic carbocycles. The second-order valence-electron chi connectivity index (χ2n) is 2.74. The Balaban J connectivity index is 0.000000245. The van der Waals surface area contributed by atoms with Gasteiger partial charge in [-0.05, 0) is 12.1 Å². The summed E-state index contributed by atoms with van der Waals surface area (Å²) >= 11 is 0. The first kappa shape index (κ1) is 11.4. The van der Waals surface area contributed by atoms with Gasteiger partial charge in [-0.2, -0.15) is 0 Å². The molecule has 2 N–H and O–H groups in total. The second kappa shape index (κ2) is 5.95. The first-order chi connectivity index (χ1) is 7.27. The van der Waals surface area contributed by atoms with E-state index in [2.05, 4.69) is 0 Å². The summed E-state index contributed by atoms with van der Waals surface area (Å²) < 4.78 is 4.91. The Kier molecular flexibility index (Phi) is 4.53. The molecular weight excluding hydrogens is 196 g/mol. The van der Waals surface area contributed by atoms with E-state index in [1.807, 2.05) is 18.2 Å². The van der Waals surface area contributed by atoms with Crippen molar-refractivity contribution in [2.24, 2.45) is 0 Å². The van der Waals surface area contributed by atoms with E-state index in [0.717, 1.165) is 5.39 Å². The molecule has 2 rings (SSSR count). The molecule has 0 saturated heterocycles. The zero-order chi connectivity index (χ0) is 11.1. The van der Waals surface area contributed by atoms with Crippen molar-refractivity contribution in [2.45, 2.75) is 0 Å². The lowest BCUT2D eigenvalue weighted by molar-refractivity contribution is 0.186. The predicted octanol–water partition coefficient (Wildman–Crippen LogP) is 0.764. The van der Waals surface area contributed by atoms with Gasteiger partial charge in [-0.15, -0.1) is 0 Å². The van der Waals surface area contributed by atoms with Gasteiger partial charge in [0.25, 0.3) is 0 Å². The summed E-state index contributed by atoms with van der Waals surface area (Å²) in [6, 6.07) is 10.6. The van der Waals surface area contributed by atoms with Crippen LogP contribution in [0.1, 0.15) is 0 Å². The maximum atomic E-state index is 10.7. The van der Waals surface area contributed by atoms with Crippen LogP contribution in [0.25, 0.3) is 11.0 Å². The van der Waals surface area contributed by atoms with Gasteiger partial charge in [-0.3, -0.25) is 0 Å². The lowest BCUT2D eigenvalue weighted by Crippen LogP contribution is -1.93. The lowest BCUT2D eigenvalue weighted by atomic mass is 10.2. The molecule has 2 aromatic rings. The topological polar surface area (TPSA) is 70.7 Å². The zero-order valence-corrected chi connectivity index (χ0v) is 8.09. The average molecular weight is 208 g/mol. The molecule has 0 aliphatic rings. The van der Waals surface area contributed by atoms with Crippen LogP contribution < -0.4 is 5.63 Å². The SMILES string of the molecule is O=c1ccc2ccccc2o1.OCCO. The van der Waals surface area contributed by atoms with E-state index in [9.17, 15) is 4.79 Å². The summed E-state index contributed by atoms with van der Waals surface area (Å²) in [5.74, 6) is 0. The molecule has 0 saturated carbocycles. The summed E-state index contributed by atoms with van der Waals surface area (Å²) in [6.45, 7) is -0.250. The third-order valence-corrected chi connectivity index (χ3v) is 1.63. The molecule has 0 bridgehead atoms. The number of fused-ring (bicyclic) bond motifs is 1. The van der Waals surface area contributed by atoms with Gasteiger partial charge in [0.15, 0.2) is 0 Å². The Hall–Kier alpha value is -1.65. The quantitative estimate of drug-likeness (QED) is 0.679. The van der Waals surface area contributed by atoms with Crippen LogP contribution in [0.2, 0.25) is 0 Å². The molecule has 80 valence electrons. The largest absolute Gasteiger partial charge is 0.423 e. The lowest BCUT2D eigenvalue weighted by Gasteiger charge is -1.91. The number of hydrogen-bond donors (Lipinski definition) is 2. The number of para-hydroxylation sites is 1. The van der Waals surface area contributed by atoms with Gasteiger partial charge in [-0.25, -0.2) is 4.79 Å². The van der Waals surface area contributed by atoms with E-state index >= 15 is 0 Å². The molecule has 0 spiro atoms. The summed E-state index contributed by atoms with van der Waals surface area (Å²) in [5.41, 5.74) is 0.337. The Bertz CT molecular complexity index is 459. The van der Waals surface area contributed by atoms with Crippen LogP contribution in [-0.2, 0) is 0 Å². The van der Waals surface area contributed by atoms with Crippen molar-refractivity contribution in [1.82, 2.24) is 0 Å². The standard InChI is InChI=1S/C9H6O2.C2H6O2/c10-9-6-5-7-3-1-2-4-8(7)11-9;3-1-2-4/h1-6H;3-4H,1-2H2. The van der Waals surface area contributed by atoms with Crippen molar-refractivity contribution in [2.75, 3.05) is 13.2 Å². The van der Waals surface area contributed by atoms with Crippen LogP contribution in [0.15, 0.2) is 45.6 Å². The Morgan fingerprint density at radius 3 is 2.33 bits per heavy atom. The third-order valence-electron chi connectivity index (χ3n) is 1.63. The number of aliphatic hydroxyl groups excluding tert-OH is 2. The molecule has 0 atom stereocenters. The number of aliphatic hydroxyl groups is 2. The van der Waals surface area contributed by atoms with Crippen molar-refractivity contribution in [3.05, 3.63) is 46.8 Å². The van der Waals surface area contributed by atoms with Gasteiger partial charge in [-0.1, -0.05) is 18.2 Å². The Labute approximate surface area is 86.4 Å². The Morgan fingerprint density at radius 1 is 1.00 bits per heavy atom. The smallest absolute Gasteiger partial charge is 0.336 e. The minimum atomic E-state index is -0.302. The molecule has 15 heavy (non-hydrogen) atoms. The van der Waals surface area contributed by atoms with E-state index < -0.39 is 0 Å². The minimum Gasteiger partial charge on any atom is -0.423 e. The van der Waals surface area contributed by atoms with Gasteiger partial charge >= 0.3 is 5.63 Å². The van der Waals surface area contributed by atoms with Gasteiger partial charge in [0, 0.05) is 11.5 Å². The highest BCUT2D eigenvalue weighted by atomic mass is 16.4. The van der Waals surface area contributed by atoms with Gasteiger partial charge < -0.3 is 14.6 Å². The summed E-state index contributed by atoms with van der Waals surface area (Å²) in [5, 5.41) is 16.2. The number of benzene rings is 1. The Morgan fingerprint density at radius 2 is 1.67 bits per heavy atom. The van der Waals surface area contributed by atoms with Crippen molar-refractivity contribution in [3.63, 3.8) is 0 Å². The normalized spacial score (nSPS) is 9.47.